The van der Waals surface area contributed by atoms with E-state index < -0.39 is 5.41 Å². The highest BCUT2D eigenvalue weighted by atomic mass is 16.2. The zero-order chi connectivity index (χ0) is 14.0. The number of benzene rings is 1. The molecular formula is C16H24N2O. The third-order valence-corrected chi connectivity index (χ3v) is 4.11. The van der Waals surface area contributed by atoms with Crippen LogP contribution in [0, 0.1) is 5.92 Å². The average molecular weight is 260 g/mol. The zero-order valence-corrected chi connectivity index (χ0v) is 12.1. The number of rotatable bonds is 2. The molecule has 0 aliphatic carbocycles. The van der Waals surface area contributed by atoms with Crippen LogP contribution in [0.4, 0.5) is 5.69 Å². The molecule has 1 atom stereocenters. The Morgan fingerprint density at radius 1 is 1.32 bits per heavy atom. The highest BCUT2D eigenvalue weighted by Gasteiger charge is 2.35. The number of carbonyl (C=O) groups excluding carboxylic acids is 1. The Morgan fingerprint density at radius 3 is 2.53 bits per heavy atom. The number of amides is 1. The summed E-state index contributed by atoms with van der Waals surface area (Å²) >= 11 is 0. The van der Waals surface area contributed by atoms with Crippen molar-refractivity contribution in [1.82, 2.24) is 4.90 Å². The van der Waals surface area contributed by atoms with Gasteiger partial charge in [-0.1, -0.05) is 19.1 Å². The first-order chi connectivity index (χ1) is 8.91. The molecule has 0 saturated carbocycles. The van der Waals surface area contributed by atoms with E-state index in [1.165, 1.54) is 6.42 Å². The minimum absolute atomic E-state index is 0.226. The molecule has 1 aliphatic rings. The van der Waals surface area contributed by atoms with Gasteiger partial charge in [-0.15, -0.1) is 0 Å². The molecule has 1 fully saturated rings. The molecule has 0 aromatic heterocycles. The van der Waals surface area contributed by atoms with Gasteiger partial charge in [0.15, 0.2) is 0 Å². The molecule has 0 spiro atoms. The van der Waals surface area contributed by atoms with Crippen molar-refractivity contribution in [2.45, 2.75) is 39.0 Å². The monoisotopic (exact) mass is 260 g/mol. The standard InChI is InChI=1S/C16H24N2O/c1-12-5-4-10-18(11-12)15(19)16(2,3)13-6-8-14(17)9-7-13/h6-9,12H,4-5,10-11,17H2,1-3H3. The number of likely N-dealkylation sites (tertiary alicyclic amines) is 1. The van der Waals surface area contributed by atoms with Gasteiger partial charge in [0, 0.05) is 18.8 Å². The number of hydrogen-bond acceptors (Lipinski definition) is 2. The first kappa shape index (κ1) is 13.9. The maximum absolute atomic E-state index is 12.7. The van der Waals surface area contributed by atoms with E-state index in [9.17, 15) is 4.79 Å². The van der Waals surface area contributed by atoms with Gasteiger partial charge in [-0.2, -0.15) is 0 Å². The molecule has 0 bridgehead atoms. The van der Waals surface area contributed by atoms with E-state index >= 15 is 0 Å². The summed E-state index contributed by atoms with van der Waals surface area (Å²) < 4.78 is 0. The average Bonchev–Trinajstić information content (AvgIpc) is 2.38. The molecule has 104 valence electrons. The van der Waals surface area contributed by atoms with Crippen LogP contribution >= 0.6 is 0 Å². The molecule has 1 amide bonds. The van der Waals surface area contributed by atoms with E-state index in [-0.39, 0.29) is 5.91 Å². The van der Waals surface area contributed by atoms with Crippen LogP contribution in [0.2, 0.25) is 0 Å². The molecule has 1 unspecified atom stereocenters. The summed E-state index contributed by atoms with van der Waals surface area (Å²) in [6, 6.07) is 7.65. The fraction of sp³-hybridized carbons (Fsp3) is 0.562. The molecule has 1 aliphatic heterocycles. The van der Waals surface area contributed by atoms with E-state index in [0.717, 1.165) is 30.8 Å². The first-order valence-corrected chi connectivity index (χ1v) is 7.06. The second-order valence-corrected chi connectivity index (χ2v) is 6.25. The molecule has 1 heterocycles. The lowest BCUT2D eigenvalue weighted by molar-refractivity contribution is -0.138. The first-order valence-electron chi connectivity index (χ1n) is 7.06. The number of carbonyl (C=O) groups is 1. The van der Waals surface area contributed by atoms with Gasteiger partial charge < -0.3 is 10.6 Å². The van der Waals surface area contributed by atoms with Crippen molar-refractivity contribution in [2.24, 2.45) is 5.92 Å². The molecule has 3 nitrogen and oxygen atoms in total. The predicted molar refractivity (Wildman–Crippen MR) is 78.9 cm³/mol. The fourth-order valence-corrected chi connectivity index (χ4v) is 2.79. The van der Waals surface area contributed by atoms with Crippen LogP contribution in [-0.2, 0) is 10.2 Å². The highest BCUT2D eigenvalue weighted by molar-refractivity contribution is 5.87. The van der Waals surface area contributed by atoms with Gasteiger partial charge in [0.25, 0.3) is 0 Å². The molecule has 2 rings (SSSR count). The Bertz CT molecular complexity index is 450. The van der Waals surface area contributed by atoms with Crippen LogP contribution in [0.25, 0.3) is 0 Å². The van der Waals surface area contributed by atoms with Gasteiger partial charge in [-0.25, -0.2) is 0 Å². The Morgan fingerprint density at radius 2 is 1.95 bits per heavy atom. The maximum atomic E-state index is 12.7. The Balaban J connectivity index is 2.18. The van der Waals surface area contributed by atoms with E-state index in [2.05, 4.69) is 6.92 Å². The molecule has 1 aromatic carbocycles. The van der Waals surface area contributed by atoms with Crippen LogP contribution in [-0.4, -0.2) is 23.9 Å². The van der Waals surface area contributed by atoms with Crippen molar-refractivity contribution in [1.29, 1.82) is 0 Å². The number of hydrogen-bond donors (Lipinski definition) is 1. The van der Waals surface area contributed by atoms with Crippen molar-refractivity contribution in [3.05, 3.63) is 29.8 Å². The molecule has 1 saturated heterocycles. The van der Waals surface area contributed by atoms with Crippen LogP contribution < -0.4 is 5.73 Å². The van der Waals surface area contributed by atoms with Crippen LogP contribution in [0.1, 0.15) is 39.2 Å². The second kappa shape index (κ2) is 5.24. The minimum Gasteiger partial charge on any atom is -0.399 e. The summed E-state index contributed by atoms with van der Waals surface area (Å²) in [5.74, 6) is 0.837. The quantitative estimate of drug-likeness (QED) is 0.831. The summed E-state index contributed by atoms with van der Waals surface area (Å²) in [7, 11) is 0. The largest absolute Gasteiger partial charge is 0.399 e. The minimum atomic E-state index is -0.481. The maximum Gasteiger partial charge on any atom is 0.232 e. The van der Waals surface area contributed by atoms with E-state index in [4.69, 9.17) is 5.73 Å². The SMILES string of the molecule is CC1CCCN(C(=O)C(C)(C)c2ccc(N)cc2)C1. The van der Waals surface area contributed by atoms with Crippen molar-refractivity contribution >= 4 is 11.6 Å². The molecule has 0 radical (unpaired) electrons. The van der Waals surface area contributed by atoms with Crippen molar-refractivity contribution in [3.8, 4) is 0 Å². The van der Waals surface area contributed by atoms with Gasteiger partial charge in [0.1, 0.15) is 0 Å². The molecule has 3 heteroatoms. The summed E-state index contributed by atoms with van der Waals surface area (Å²) in [5.41, 5.74) is 7.00. The lowest BCUT2D eigenvalue weighted by atomic mass is 9.82. The summed E-state index contributed by atoms with van der Waals surface area (Å²) in [4.78, 5) is 14.8. The number of nitrogen functional groups attached to an aromatic ring is 1. The fourth-order valence-electron chi connectivity index (χ4n) is 2.79. The lowest BCUT2D eigenvalue weighted by Crippen LogP contribution is -2.47. The predicted octanol–water partition coefficient (Wildman–Crippen LogP) is 2.80. The topological polar surface area (TPSA) is 46.3 Å². The van der Waals surface area contributed by atoms with Gasteiger partial charge in [-0.3, -0.25) is 4.79 Å². The molecule has 19 heavy (non-hydrogen) atoms. The zero-order valence-electron chi connectivity index (χ0n) is 12.1. The lowest BCUT2D eigenvalue weighted by Gasteiger charge is -2.37. The van der Waals surface area contributed by atoms with Gasteiger partial charge in [-0.05, 0) is 50.3 Å². The Hall–Kier alpha value is -1.51. The molecular weight excluding hydrogens is 236 g/mol. The Labute approximate surface area is 115 Å². The normalized spacial score (nSPS) is 20.4. The van der Waals surface area contributed by atoms with Crippen molar-refractivity contribution in [3.63, 3.8) is 0 Å². The number of anilines is 1. The van der Waals surface area contributed by atoms with Gasteiger partial charge >= 0.3 is 0 Å². The smallest absolute Gasteiger partial charge is 0.232 e. The highest BCUT2D eigenvalue weighted by Crippen LogP contribution is 2.28. The number of nitrogens with two attached hydrogens (primary N) is 1. The van der Waals surface area contributed by atoms with Crippen LogP contribution in [0.3, 0.4) is 0 Å². The summed E-state index contributed by atoms with van der Waals surface area (Å²) in [6.45, 7) is 7.99. The number of piperidine rings is 1. The third kappa shape index (κ3) is 2.91. The summed E-state index contributed by atoms with van der Waals surface area (Å²) in [6.07, 6.45) is 2.34. The Kier molecular flexibility index (Phi) is 3.83. The van der Waals surface area contributed by atoms with E-state index in [1.807, 2.05) is 43.0 Å². The van der Waals surface area contributed by atoms with Crippen LogP contribution in [0.5, 0.6) is 0 Å². The van der Waals surface area contributed by atoms with E-state index in [0.29, 0.717) is 5.92 Å². The second-order valence-electron chi connectivity index (χ2n) is 6.25. The number of nitrogens with zero attached hydrogens (tertiary/aromatic N) is 1. The summed E-state index contributed by atoms with van der Waals surface area (Å²) in [5, 5.41) is 0. The third-order valence-electron chi connectivity index (χ3n) is 4.11. The molecule has 1 aromatic rings. The van der Waals surface area contributed by atoms with Gasteiger partial charge in [0.05, 0.1) is 5.41 Å². The van der Waals surface area contributed by atoms with Gasteiger partial charge in [0.2, 0.25) is 5.91 Å². The van der Waals surface area contributed by atoms with Crippen molar-refractivity contribution < 1.29 is 4.79 Å². The van der Waals surface area contributed by atoms with E-state index in [1.54, 1.807) is 0 Å². The molecule has 2 N–H and O–H groups in total. The van der Waals surface area contributed by atoms with Crippen LogP contribution in [0.15, 0.2) is 24.3 Å². The van der Waals surface area contributed by atoms with Crippen molar-refractivity contribution in [2.75, 3.05) is 18.8 Å².